The van der Waals surface area contributed by atoms with E-state index in [0.29, 0.717) is 9.52 Å². The molecular formula is C12H17Cl2SiZr. The zero-order valence-electron chi connectivity index (χ0n) is 9.93. The maximum atomic E-state index is 2.30. The van der Waals surface area contributed by atoms with E-state index in [1.54, 1.807) is 24.7 Å². The van der Waals surface area contributed by atoms with Crippen molar-refractivity contribution in [1.29, 1.82) is 0 Å². The molecule has 87 valence electrons. The summed E-state index contributed by atoms with van der Waals surface area (Å²) < 4.78 is 0.721. The van der Waals surface area contributed by atoms with Gasteiger partial charge in [0.25, 0.3) is 0 Å². The molecule has 1 aliphatic rings. The monoisotopic (exact) mass is 349 g/mol. The Hall–Kier alpha value is 0.640. The molecule has 0 aliphatic heterocycles. The second-order valence-corrected chi connectivity index (χ2v) is 6.49. The van der Waals surface area contributed by atoms with Crippen molar-refractivity contribution in [3.8, 4) is 0 Å². The van der Waals surface area contributed by atoms with E-state index < -0.39 is 0 Å². The smallest absolute Gasteiger partial charge is 0.0135 e. The summed E-state index contributed by atoms with van der Waals surface area (Å²) in [5.41, 5.74) is 4.46. The van der Waals surface area contributed by atoms with Gasteiger partial charge in [0.05, 0.1) is 0 Å². The SMILES string of the molecule is CC1=Cc2ccccc2[CH]1[Zr+2].C[SiH2]C.[Cl-].[Cl-]. The number of benzene rings is 1. The summed E-state index contributed by atoms with van der Waals surface area (Å²) in [7, 11) is 0.417. The van der Waals surface area contributed by atoms with Gasteiger partial charge in [-0.2, -0.15) is 0 Å². The average Bonchev–Trinajstić information content (AvgIpc) is 2.45. The van der Waals surface area contributed by atoms with E-state index in [-0.39, 0.29) is 24.8 Å². The Morgan fingerprint density at radius 3 is 2.12 bits per heavy atom. The van der Waals surface area contributed by atoms with E-state index in [2.05, 4.69) is 50.4 Å². The summed E-state index contributed by atoms with van der Waals surface area (Å²) in [4.78, 5) is 0. The fraction of sp³-hybridized carbons (Fsp3) is 0.333. The fourth-order valence-electron chi connectivity index (χ4n) is 1.48. The first kappa shape index (κ1) is 19.0. The molecule has 16 heavy (non-hydrogen) atoms. The van der Waals surface area contributed by atoms with Crippen molar-refractivity contribution in [3.63, 3.8) is 0 Å². The topological polar surface area (TPSA) is 0 Å². The molecule has 0 N–H and O–H groups in total. The van der Waals surface area contributed by atoms with Gasteiger partial charge in [-0.15, -0.1) is 0 Å². The van der Waals surface area contributed by atoms with Crippen LogP contribution in [0, 0.1) is 0 Å². The van der Waals surface area contributed by atoms with Crippen LogP contribution in [0.1, 0.15) is 21.7 Å². The third-order valence-electron chi connectivity index (χ3n) is 2.15. The van der Waals surface area contributed by atoms with Crippen LogP contribution in [0.5, 0.6) is 0 Å². The number of rotatable bonds is 0. The van der Waals surface area contributed by atoms with Gasteiger partial charge in [0.2, 0.25) is 0 Å². The molecule has 0 fully saturated rings. The van der Waals surface area contributed by atoms with Gasteiger partial charge in [-0.1, -0.05) is 13.1 Å². The maximum absolute atomic E-state index is 2.30. The molecule has 1 aromatic rings. The molecule has 0 heterocycles. The van der Waals surface area contributed by atoms with Crippen LogP contribution in [-0.2, 0) is 24.7 Å². The number of halogens is 2. The average molecular weight is 351 g/mol. The van der Waals surface area contributed by atoms with Gasteiger partial charge >= 0.3 is 82.3 Å². The molecule has 0 bridgehead atoms. The van der Waals surface area contributed by atoms with E-state index in [1.807, 2.05) is 0 Å². The van der Waals surface area contributed by atoms with Crippen LogP contribution in [0.15, 0.2) is 29.8 Å². The number of allylic oxidation sites excluding steroid dienone is 1. The molecule has 0 spiro atoms. The largest absolute Gasteiger partial charge is 1.00 e. The molecule has 2 rings (SSSR count). The molecule has 0 saturated carbocycles. The summed E-state index contributed by atoms with van der Waals surface area (Å²) >= 11 is 1.60. The third-order valence-corrected chi connectivity index (χ3v) is 4.03. The van der Waals surface area contributed by atoms with Crippen molar-refractivity contribution in [3.05, 3.63) is 41.0 Å². The predicted molar refractivity (Wildman–Crippen MR) is 63.1 cm³/mol. The van der Waals surface area contributed by atoms with Gasteiger partial charge in [0, 0.05) is 9.52 Å². The van der Waals surface area contributed by atoms with Crippen molar-refractivity contribution < 1.29 is 49.5 Å². The molecule has 1 aromatic carbocycles. The van der Waals surface area contributed by atoms with Crippen molar-refractivity contribution in [2.75, 3.05) is 0 Å². The first-order valence-corrected chi connectivity index (χ1v) is 9.43. The van der Waals surface area contributed by atoms with Crippen LogP contribution in [0.3, 0.4) is 0 Å². The van der Waals surface area contributed by atoms with Crippen molar-refractivity contribution in [1.82, 2.24) is 0 Å². The van der Waals surface area contributed by atoms with E-state index in [9.17, 15) is 0 Å². The minimum atomic E-state index is 0. The molecular weight excluding hydrogens is 334 g/mol. The summed E-state index contributed by atoms with van der Waals surface area (Å²) in [6.45, 7) is 6.75. The Morgan fingerprint density at radius 1 is 1.12 bits per heavy atom. The minimum absolute atomic E-state index is 0. The van der Waals surface area contributed by atoms with E-state index >= 15 is 0 Å². The second-order valence-electron chi connectivity index (χ2n) is 3.66. The van der Waals surface area contributed by atoms with Crippen molar-refractivity contribution >= 4 is 15.6 Å². The van der Waals surface area contributed by atoms with E-state index in [1.165, 1.54) is 16.7 Å². The summed E-state index contributed by atoms with van der Waals surface area (Å²) in [6.07, 6.45) is 2.30. The Bertz CT molecular complexity index is 340. The molecule has 0 aromatic heterocycles. The Labute approximate surface area is 129 Å². The number of fused-ring (bicyclic) bond motifs is 1. The first-order valence-electron chi connectivity index (χ1n) is 5.18. The molecule has 0 nitrogen and oxygen atoms in total. The molecule has 1 atom stereocenters. The van der Waals surface area contributed by atoms with Crippen LogP contribution >= 0.6 is 0 Å². The first-order chi connectivity index (χ1) is 6.70. The molecule has 4 heteroatoms. The molecule has 0 radical (unpaired) electrons. The molecule has 0 saturated heterocycles. The third kappa shape index (κ3) is 4.87. The van der Waals surface area contributed by atoms with Gasteiger partial charge in [0.15, 0.2) is 0 Å². The van der Waals surface area contributed by atoms with E-state index in [4.69, 9.17) is 0 Å². The normalized spacial score (nSPS) is 15.8. The standard InChI is InChI=1S/C10H9.C2H8Si.2ClH.Zr/c1-8-6-9-4-2-3-5-10(9)7-8;1-3-2;;;/h2-7H,1H3;3H2,1-2H3;2*1H;/q;;;;+2/p-2. The molecule has 1 unspecified atom stereocenters. The van der Waals surface area contributed by atoms with Crippen LogP contribution in [0.4, 0.5) is 0 Å². The maximum Gasteiger partial charge on any atom is 0.0135 e. The van der Waals surface area contributed by atoms with Crippen LogP contribution in [0.25, 0.3) is 6.08 Å². The summed E-state index contributed by atoms with van der Waals surface area (Å²) in [5.74, 6) is 0. The summed E-state index contributed by atoms with van der Waals surface area (Å²) in [5, 5.41) is 0. The number of hydrogen-bond acceptors (Lipinski definition) is 0. The predicted octanol–water partition coefficient (Wildman–Crippen LogP) is -3.05. The van der Waals surface area contributed by atoms with Crippen LogP contribution in [-0.4, -0.2) is 9.52 Å². The molecule has 0 amide bonds. The Morgan fingerprint density at radius 2 is 1.62 bits per heavy atom. The van der Waals surface area contributed by atoms with Crippen LogP contribution < -0.4 is 24.8 Å². The number of hydrogen-bond donors (Lipinski definition) is 0. The van der Waals surface area contributed by atoms with Gasteiger partial charge in [-0.3, -0.25) is 0 Å². The zero-order valence-corrected chi connectivity index (χ0v) is 15.3. The Balaban J connectivity index is 0. The molecule has 1 aliphatic carbocycles. The van der Waals surface area contributed by atoms with Crippen molar-refractivity contribution in [2.24, 2.45) is 0 Å². The Kier molecular flexibility index (Phi) is 11.5. The van der Waals surface area contributed by atoms with Crippen molar-refractivity contribution in [2.45, 2.75) is 23.6 Å². The van der Waals surface area contributed by atoms with E-state index in [0.717, 1.165) is 3.63 Å². The second kappa shape index (κ2) is 9.65. The van der Waals surface area contributed by atoms with Gasteiger partial charge in [-0.25, -0.2) is 0 Å². The van der Waals surface area contributed by atoms with Crippen LogP contribution in [0.2, 0.25) is 13.1 Å². The summed E-state index contributed by atoms with van der Waals surface area (Å²) in [6, 6.07) is 8.67. The van der Waals surface area contributed by atoms with Gasteiger partial charge < -0.3 is 24.8 Å². The van der Waals surface area contributed by atoms with Gasteiger partial charge in [0.1, 0.15) is 0 Å². The minimum Gasteiger partial charge on any atom is -1.00 e. The zero-order chi connectivity index (χ0) is 10.6. The quantitative estimate of drug-likeness (QED) is 0.436. The fourth-order valence-corrected chi connectivity index (χ4v) is 2.33. The van der Waals surface area contributed by atoms with Gasteiger partial charge in [-0.05, 0) is 0 Å².